The third-order valence-electron chi connectivity index (χ3n) is 4.43. The Bertz CT molecular complexity index is 422. The lowest BCUT2D eigenvalue weighted by Crippen LogP contribution is -2.22. The van der Waals surface area contributed by atoms with Crippen LogP contribution >= 0.6 is 0 Å². The molecule has 1 aliphatic rings. The first kappa shape index (κ1) is 15.5. The fourth-order valence-electron chi connectivity index (χ4n) is 3.16. The van der Waals surface area contributed by atoms with Gasteiger partial charge in [0.15, 0.2) is 0 Å². The fourth-order valence-corrected chi connectivity index (χ4v) is 3.16. The van der Waals surface area contributed by atoms with Crippen LogP contribution in [-0.4, -0.2) is 23.0 Å². The zero-order chi connectivity index (χ0) is 14.5. The van der Waals surface area contributed by atoms with E-state index >= 15 is 0 Å². The highest BCUT2D eigenvalue weighted by molar-refractivity contribution is 5.30. The van der Waals surface area contributed by atoms with Gasteiger partial charge in [0.2, 0.25) is 0 Å². The normalized spacial score (nSPS) is 18.4. The molecule has 2 rings (SSSR count). The number of aryl methyl sites for hydroxylation is 1. The third kappa shape index (κ3) is 3.23. The molecule has 1 fully saturated rings. The summed E-state index contributed by atoms with van der Waals surface area (Å²) in [7, 11) is 0. The lowest BCUT2D eigenvalue weighted by Gasteiger charge is -2.23. The van der Waals surface area contributed by atoms with Crippen LogP contribution in [0.25, 0.3) is 0 Å². The molecule has 4 nitrogen and oxygen atoms in total. The summed E-state index contributed by atoms with van der Waals surface area (Å²) in [6.07, 6.45) is 5.26. The molecule has 1 aliphatic heterocycles. The molecule has 1 aromatic heterocycles. The largest absolute Gasteiger partial charge is 0.381 e. The standard InChI is InChI=1S/C16H29N3O/c1-4-13(17)16-14(5-2)18-19(15(16)6-3)11-12-7-9-20-10-8-12/h12-13H,4-11,17H2,1-3H3. The maximum absolute atomic E-state index is 6.32. The molecule has 4 heteroatoms. The maximum atomic E-state index is 6.32. The maximum Gasteiger partial charge on any atom is 0.0672 e. The molecule has 0 bridgehead atoms. The molecule has 0 aliphatic carbocycles. The molecule has 20 heavy (non-hydrogen) atoms. The zero-order valence-corrected chi connectivity index (χ0v) is 13.2. The quantitative estimate of drug-likeness (QED) is 0.871. The molecule has 0 amide bonds. The Morgan fingerprint density at radius 3 is 2.50 bits per heavy atom. The van der Waals surface area contributed by atoms with Gasteiger partial charge in [-0.1, -0.05) is 20.8 Å². The number of nitrogens with zero attached hydrogens (tertiary/aromatic N) is 2. The third-order valence-corrected chi connectivity index (χ3v) is 4.43. The zero-order valence-electron chi connectivity index (χ0n) is 13.2. The van der Waals surface area contributed by atoms with Gasteiger partial charge in [0.1, 0.15) is 0 Å². The van der Waals surface area contributed by atoms with Crippen LogP contribution in [0.5, 0.6) is 0 Å². The van der Waals surface area contributed by atoms with Gasteiger partial charge in [-0.15, -0.1) is 0 Å². The van der Waals surface area contributed by atoms with Gasteiger partial charge in [-0.2, -0.15) is 5.10 Å². The van der Waals surface area contributed by atoms with Gasteiger partial charge in [-0.25, -0.2) is 0 Å². The van der Waals surface area contributed by atoms with Crippen LogP contribution < -0.4 is 5.73 Å². The Morgan fingerprint density at radius 2 is 1.95 bits per heavy atom. The number of rotatable bonds is 6. The second kappa shape index (κ2) is 7.23. The molecule has 1 saturated heterocycles. The molecule has 0 spiro atoms. The van der Waals surface area contributed by atoms with Crippen LogP contribution in [0.2, 0.25) is 0 Å². The van der Waals surface area contributed by atoms with Gasteiger partial charge < -0.3 is 10.5 Å². The van der Waals surface area contributed by atoms with E-state index in [2.05, 4.69) is 25.5 Å². The summed E-state index contributed by atoms with van der Waals surface area (Å²) in [5.74, 6) is 0.698. The first-order valence-electron chi connectivity index (χ1n) is 8.12. The molecule has 2 heterocycles. The topological polar surface area (TPSA) is 53.1 Å². The van der Waals surface area contributed by atoms with E-state index in [4.69, 9.17) is 15.6 Å². The average molecular weight is 279 g/mol. The van der Waals surface area contributed by atoms with Crippen LogP contribution in [0, 0.1) is 5.92 Å². The molecular weight excluding hydrogens is 250 g/mol. The molecular formula is C16H29N3O. The number of nitrogens with two attached hydrogens (primary N) is 1. The summed E-state index contributed by atoms with van der Waals surface area (Å²) >= 11 is 0. The number of hydrogen-bond acceptors (Lipinski definition) is 3. The van der Waals surface area contributed by atoms with E-state index in [1.807, 2.05) is 0 Å². The van der Waals surface area contributed by atoms with Crippen molar-refractivity contribution in [3.8, 4) is 0 Å². The van der Waals surface area contributed by atoms with Crippen molar-refractivity contribution < 1.29 is 4.74 Å². The lowest BCUT2D eigenvalue weighted by molar-refractivity contribution is 0.0598. The van der Waals surface area contributed by atoms with Gasteiger partial charge >= 0.3 is 0 Å². The Hall–Kier alpha value is -0.870. The van der Waals surface area contributed by atoms with Crippen LogP contribution in [-0.2, 0) is 24.1 Å². The molecule has 1 unspecified atom stereocenters. The summed E-state index contributed by atoms with van der Waals surface area (Å²) in [5, 5.41) is 4.86. The minimum absolute atomic E-state index is 0.128. The molecule has 114 valence electrons. The molecule has 2 N–H and O–H groups in total. The second-order valence-corrected chi connectivity index (χ2v) is 5.77. The fraction of sp³-hybridized carbons (Fsp3) is 0.812. The Labute approximate surface area is 122 Å². The highest BCUT2D eigenvalue weighted by Crippen LogP contribution is 2.26. The summed E-state index contributed by atoms with van der Waals surface area (Å²) in [4.78, 5) is 0. The predicted octanol–water partition coefficient (Wildman–Crippen LogP) is 2.84. The van der Waals surface area contributed by atoms with Crippen molar-refractivity contribution >= 4 is 0 Å². The first-order valence-corrected chi connectivity index (χ1v) is 8.12. The smallest absolute Gasteiger partial charge is 0.0672 e. The number of ether oxygens (including phenoxy) is 1. The Kier molecular flexibility index (Phi) is 5.61. The summed E-state index contributed by atoms with van der Waals surface area (Å²) in [6, 6.07) is 0.128. The van der Waals surface area contributed by atoms with Crippen molar-refractivity contribution in [2.24, 2.45) is 11.7 Å². The Balaban J connectivity index is 2.25. The van der Waals surface area contributed by atoms with E-state index in [1.165, 1.54) is 17.0 Å². The van der Waals surface area contributed by atoms with Crippen molar-refractivity contribution in [1.29, 1.82) is 0 Å². The minimum Gasteiger partial charge on any atom is -0.381 e. The second-order valence-electron chi connectivity index (χ2n) is 5.77. The van der Waals surface area contributed by atoms with E-state index in [0.717, 1.165) is 51.9 Å². The van der Waals surface area contributed by atoms with Crippen LogP contribution in [0.15, 0.2) is 0 Å². The first-order chi connectivity index (χ1) is 9.71. The predicted molar refractivity (Wildman–Crippen MR) is 81.7 cm³/mol. The van der Waals surface area contributed by atoms with Gasteiger partial charge in [0.05, 0.1) is 5.69 Å². The van der Waals surface area contributed by atoms with Gasteiger partial charge in [-0.05, 0) is 38.0 Å². The van der Waals surface area contributed by atoms with Gasteiger partial charge in [0.25, 0.3) is 0 Å². The summed E-state index contributed by atoms with van der Waals surface area (Å²) in [6.45, 7) is 9.36. The lowest BCUT2D eigenvalue weighted by atomic mass is 9.98. The van der Waals surface area contributed by atoms with E-state index < -0.39 is 0 Å². The molecule has 1 aromatic rings. The van der Waals surface area contributed by atoms with Crippen LogP contribution in [0.3, 0.4) is 0 Å². The van der Waals surface area contributed by atoms with Crippen molar-refractivity contribution in [2.75, 3.05) is 13.2 Å². The summed E-state index contributed by atoms with van der Waals surface area (Å²) in [5.41, 5.74) is 10.2. The van der Waals surface area contributed by atoms with Gasteiger partial charge in [0, 0.05) is 37.1 Å². The number of aromatic nitrogens is 2. The molecule has 0 aromatic carbocycles. The van der Waals surface area contributed by atoms with Crippen LogP contribution in [0.1, 0.15) is 63.0 Å². The van der Waals surface area contributed by atoms with Crippen molar-refractivity contribution in [1.82, 2.24) is 9.78 Å². The monoisotopic (exact) mass is 279 g/mol. The molecule has 0 radical (unpaired) electrons. The highest BCUT2D eigenvalue weighted by atomic mass is 16.5. The minimum atomic E-state index is 0.128. The van der Waals surface area contributed by atoms with Crippen molar-refractivity contribution in [3.63, 3.8) is 0 Å². The van der Waals surface area contributed by atoms with Crippen LogP contribution in [0.4, 0.5) is 0 Å². The van der Waals surface area contributed by atoms with E-state index in [0.29, 0.717) is 5.92 Å². The van der Waals surface area contributed by atoms with E-state index in [1.54, 1.807) is 0 Å². The Morgan fingerprint density at radius 1 is 1.25 bits per heavy atom. The van der Waals surface area contributed by atoms with Crippen molar-refractivity contribution in [2.45, 2.75) is 65.5 Å². The highest BCUT2D eigenvalue weighted by Gasteiger charge is 2.22. The van der Waals surface area contributed by atoms with Gasteiger partial charge in [-0.3, -0.25) is 4.68 Å². The van der Waals surface area contributed by atoms with E-state index in [9.17, 15) is 0 Å². The summed E-state index contributed by atoms with van der Waals surface area (Å²) < 4.78 is 7.69. The number of hydrogen-bond donors (Lipinski definition) is 1. The van der Waals surface area contributed by atoms with E-state index in [-0.39, 0.29) is 6.04 Å². The average Bonchev–Trinajstić information content (AvgIpc) is 2.85. The van der Waals surface area contributed by atoms with Crippen molar-refractivity contribution in [3.05, 3.63) is 17.0 Å². The molecule has 0 saturated carbocycles. The molecule has 1 atom stereocenters. The SMILES string of the molecule is CCc1nn(CC2CCOCC2)c(CC)c1C(N)CC.